The molecule has 36 heavy (non-hydrogen) atoms. The summed E-state index contributed by atoms with van der Waals surface area (Å²) in [5, 5.41) is 2.83. The lowest BCUT2D eigenvalue weighted by atomic mass is 9.72. The van der Waals surface area contributed by atoms with Crippen molar-refractivity contribution in [3.63, 3.8) is 0 Å². The third-order valence-corrected chi connectivity index (χ3v) is 8.40. The summed E-state index contributed by atoms with van der Waals surface area (Å²) in [4.78, 5) is 54.0. The summed E-state index contributed by atoms with van der Waals surface area (Å²) in [6, 6.07) is 8.21. The number of hydrogen-bond acceptors (Lipinski definition) is 7. The van der Waals surface area contributed by atoms with E-state index >= 15 is 0 Å². The highest BCUT2D eigenvalue weighted by atomic mass is 32.2. The molecule has 4 amide bonds. The zero-order valence-corrected chi connectivity index (χ0v) is 20.6. The molecular formula is C24H28N4O7S. The van der Waals surface area contributed by atoms with Crippen molar-refractivity contribution in [3.05, 3.63) is 54.4 Å². The van der Waals surface area contributed by atoms with Crippen molar-refractivity contribution >= 4 is 33.8 Å². The van der Waals surface area contributed by atoms with Gasteiger partial charge < -0.3 is 15.0 Å². The lowest BCUT2D eigenvalue weighted by Crippen LogP contribution is -2.46. The van der Waals surface area contributed by atoms with E-state index in [-0.39, 0.29) is 23.3 Å². The van der Waals surface area contributed by atoms with Gasteiger partial charge in [0.15, 0.2) is 6.04 Å². The van der Waals surface area contributed by atoms with Crippen LogP contribution in [0, 0.1) is 11.8 Å². The molecule has 1 aliphatic heterocycles. The minimum Gasteiger partial charge on any atom is -0.467 e. The number of ether oxygens (including phenoxy) is 1. The van der Waals surface area contributed by atoms with Crippen LogP contribution in [0.1, 0.15) is 36.2 Å². The molecule has 1 saturated carbocycles. The molecule has 2 heterocycles. The highest BCUT2D eigenvalue weighted by Gasteiger charge is 2.53. The Kier molecular flexibility index (Phi) is 7.43. The van der Waals surface area contributed by atoms with Gasteiger partial charge in [-0.15, -0.1) is 0 Å². The van der Waals surface area contributed by atoms with Crippen molar-refractivity contribution in [3.8, 4) is 0 Å². The van der Waals surface area contributed by atoms with Crippen molar-refractivity contribution < 1.29 is 32.3 Å². The van der Waals surface area contributed by atoms with E-state index < -0.39 is 39.9 Å². The normalized spacial score (nSPS) is 21.7. The predicted molar refractivity (Wildman–Crippen MR) is 127 cm³/mol. The van der Waals surface area contributed by atoms with Gasteiger partial charge in [0.1, 0.15) is 5.69 Å². The van der Waals surface area contributed by atoms with Gasteiger partial charge >= 0.3 is 12.0 Å². The van der Waals surface area contributed by atoms with Crippen molar-refractivity contribution in [1.82, 2.24) is 19.5 Å². The fourth-order valence-electron chi connectivity index (χ4n) is 4.60. The number of imide groups is 1. The summed E-state index contributed by atoms with van der Waals surface area (Å²) in [7, 11) is -3.27. The van der Waals surface area contributed by atoms with Gasteiger partial charge in [-0.25, -0.2) is 22.3 Å². The van der Waals surface area contributed by atoms with E-state index in [9.17, 15) is 27.6 Å². The maximum absolute atomic E-state index is 13.1. The Bertz CT molecular complexity index is 1220. The Labute approximate surface area is 208 Å². The van der Waals surface area contributed by atoms with Crippen molar-refractivity contribution in [2.45, 2.75) is 36.6 Å². The van der Waals surface area contributed by atoms with Gasteiger partial charge in [0.25, 0.3) is 15.9 Å². The molecule has 1 aliphatic carbocycles. The molecule has 4 rings (SSSR count). The number of H-pyrrole nitrogens is 1. The van der Waals surface area contributed by atoms with E-state index in [0.29, 0.717) is 29.4 Å². The van der Waals surface area contributed by atoms with Crippen LogP contribution in [-0.2, 0) is 24.3 Å². The zero-order chi connectivity index (χ0) is 25.9. The standard InChI is InChI=1S/C24H28N4O7S/c1-35-23(31)20-15-27(24(32)28(20)36(33,34)18-8-3-2-4-9-18)22(30)17-13-16(14-17)7-5-12-26-21(29)19-10-6-11-25-19/h2-4,6,8-11,16-17,20,25H,5,7,12-15H2,1H3,(H,26,29). The first kappa shape index (κ1) is 25.4. The van der Waals surface area contributed by atoms with Crippen LogP contribution in [0.15, 0.2) is 53.6 Å². The number of aromatic nitrogens is 1. The molecule has 0 bridgehead atoms. The summed E-state index contributed by atoms with van der Waals surface area (Å²) in [5.41, 5.74) is 0.494. The summed E-state index contributed by atoms with van der Waals surface area (Å²) in [6.45, 7) is 0.118. The molecule has 0 radical (unpaired) electrons. The molecule has 2 aliphatic rings. The van der Waals surface area contributed by atoms with Crippen LogP contribution in [0.5, 0.6) is 0 Å². The highest BCUT2D eigenvalue weighted by molar-refractivity contribution is 7.89. The van der Waals surface area contributed by atoms with Crippen LogP contribution < -0.4 is 5.32 Å². The average Bonchev–Trinajstić information content (AvgIpc) is 3.51. The topological polar surface area (TPSA) is 146 Å². The van der Waals surface area contributed by atoms with Gasteiger partial charge in [-0.2, -0.15) is 0 Å². The zero-order valence-electron chi connectivity index (χ0n) is 19.8. The number of esters is 1. The van der Waals surface area contributed by atoms with E-state index in [1.807, 2.05) is 0 Å². The predicted octanol–water partition coefficient (Wildman–Crippen LogP) is 1.75. The molecule has 2 N–H and O–H groups in total. The van der Waals surface area contributed by atoms with Crippen molar-refractivity contribution in [2.75, 3.05) is 20.2 Å². The van der Waals surface area contributed by atoms with Gasteiger partial charge in [-0.1, -0.05) is 18.2 Å². The fourth-order valence-corrected chi connectivity index (χ4v) is 6.12. The molecule has 2 fully saturated rings. The first-order valence-corrected chi connectivity index (χ1v) is 13.1. The monoisotopic (exact) mass is 516 g/mol. The molecule has 192 valence electrons. The Hall–Kier alpha value is -3.67. The van der Waals surface area contributed by atoms with E-state index in [4.69, 9.17) is 4.74 Å². The average molecular weight is 517 g/mol. The fraction of sp³-hybridized carbons (Fsp3) is 0.417. The van der Waals surface area contributed by atoms with Gasteiger partial charge in [0.05, 0.1) is 18.6 Å². The van der Waals surface area contributed by atoms with E-state index in [2.05, 4.69) is 10.3 Å². The van der Waals surface area contributed by atoms with Crippen molar-refractivity contribution in [1.29, 1.82) is 0 Å². The molecule has 1 saturated heterocycles. The van der Waals surface area contributed by atoms with Gasteiger partial charge in [-0.05, 0) is 55.9 Å². The highest BCUT2D eigenvalue weighted by Crippen LogP contribution is 2.39. The second kappa shape index (κ2) is 10.5. The van der Waals surface area contributed by atoms with Crippen LogP contribution >= 0.6 is 0 Å². The molecule has 12 heteroatoms. The molecule has 0 spiro atoms. The second-order valence-electron chi connectivity index (χ2n) is 8.90. The number of sulfonamides is 1. The number of nitrogens with zero attached hydrogens (tertiary/aromatic N) is 2. The Morgan fingerprint density at radius 2 is 1.83 bits per heavy atom. The number of aromatic amines is 1. The Morgan fingerprint density at radius 1 is 1.11 bits per heavy atom. The maximum atomic E-state index is 13.1. The van der Waals surface area contributed by atoms with E-state index in [1.165, 1.54) is 24.3 Å². The van der Waals surface area contributed by atoms with Crippen LogP contribution in [0.2, 0.25) is 0 Å². The van der Waals surface area contributed by atoms with Gasteiger partial charge in [0.2, 0.25) is 5.91 Å². The minimum absolute atomic E-state index is 0.159. The number of carbonyl (C=O) groups is 4. The second-order valence-corrected chi connectivity index (χ2v) is 10.7. The summed E-state index contributed by atoms with van der Waals surface area (Å²) in [5.74, 6) is -1.74. The van der Waals surface area contributed by atoms with Crippen molar-refractivity contribution in [2.24, 2.45) is 11.8 Å². The molecule has 2 aromatic rings. The first-order valence-electron chi connectivity index (χ1n) is 11.7. The molecule has 1 aromatic heterocycles. The third kappa shape index (κ3) is 4.99. The van der Waals surface area contributed by atoms with E-state index in [1.54, 1.807) is 24.4 Å². The summed E-state index contributed by atoms with van der Waals surface area (Å²) < 4.78 is 31.5. The number of methoxy groups -OCH3 is 1. The number of urea groups is 1. The third-order valence-electron chi connectivity index (χ3n) is 6.60. The molecule has 1 aromatic carbocycles. The largest absolute Gasteiger partial charge is 0.467 e. The lowest BCUT2D eigenvalue weighted by Gasteiger charge is -2.36. The number of amides is 4. The number of benzene rings is 1. The van der Waals surface area contributed by atoms with Gasteiger partial charge in [-0.3, -0.25) is 14.5 Å². The molecular weight excluding hydrogens is 488 g/mol. The maximum Gasteiger partial charge on any atom is 0.341 e. The molecule has 11 nitrogen and oxygen atoms in total. The van der Waals surface area contributed by atoms with Gasteiger partial charge in [0, 0.05) is 18.7 Å². The molecule has 1 atom stereocenters. The van der Waals surface area contributed by atoms with E-state index in [0.717, 1.165) is 24.9 Å². The lowest BCUT2D eigenvalue weighted by molar-refractivity contribution is -0.144. The summed E-state index contributed by atoms with van der Waals surface area (Å²) >= 11 is 0. The van der Waals surface area contributed by atoms with Crippen LogP contribution in [0.4, 0.5) is 4.79 Å². The number of rotatable bonds is 9. The first-order chi connectivity index (χ1) is 17.2. The Morgan fingerprint density at radius 3 is 2.47 bits per heavy atom. The molecule has 1 unspecified atom stereocenters. The summed E-state index contributed by atoms with van der Waals surface area (Å²) in [6.07, 6.45) is 4.34. The SMILES string of the molecule is COC(=O)C1CN(C(=O)C2CC(CCCNC(=O)c3ccc[nH]3)C2)C(=O)N1S(=O)(=O)c1ccccc1. The van der Waals surface area contributed by atoms with Crippen LogP contribution in [0.3, 0.4) is 0 Å². The Balaban J connectivity index is 1.33. The smallest absolute Gasteiger partial charge is 0.341 e. The minimum atomic E-state index is -4.37. The quantitative estimate of drug-likeness (QED) is 0.381. The number of carbonyl (C=O) groups excluding carboxylic acids is 4. The van der Waals surface area contributed by atoms with Crippen LogP contribution in [0.25, 0.3) is 0 Å². The number of hydrogen-bond donors (Lipinski definition) is 2. The number of nitrogens with one attached hydrogen (secondary N) is 2. The van der Waals surface area contributed by atoms with Crippen LogP contribution in [-0.4, -0.2) is 72.7 Å².